The third kappa shape index (κ3) is 4.92. The van der Waals surface area contributed by atoms with Crippen molar-refractivity contribution in [1.29, 1.82) is 0 Å². The monoisotopic (exact) mass is 338 g/mol. The van der Waals surface area contributed by atoms with Crippen LogP contribution < -0.4 is 16.0 Å². The molecule has 1 aliphatic carbocycles. The van der Waals surface area contributed by atoms with Crippen molar-refractivity contribution in [3.63, 3.8) is 0 Å². The molecule has 23 heavy (non-hydrogen) atoms. The molecule has 1 aromatic rings. The normalized spacial score (nSPS) is 22.2. The number of thiazole rings is 1. The minimum absolute atomic E-state index is 0.0154. The molecule has 0 unspecified atom stereocenters. The number of aromatic nitrogens is 1. The molecule has 0 aromatic carbocycles. The van der Waals surface area contributed by atoms with Gasteiger partial charge in [0.25, 0.3) is 0 Å². The number of rotatable bonds is 5. The molecule has 2 rings (SSSR count). The van der Waals surface area contributed by atoms with Gasteiger partial charge in [-0.3, -0.25) is 4.79 Å². The van der Waals surface area contributed by atoms with Crippen LogP contribution in [0.5, 0.6) is 0 Å². The van der Waals surface area contributed by atoms with Crippen molar-refractivity contribution < 1.29 is 9.59 Å². The number of nitrogens with one attached hydrogen (secondary N) is 3. The van der Waals surface area contributed by atoms with Gasteiger partial charge in [0, 0.05) is 36.6 Å². The Morgan fingerprint density at radius 2 is 2.13 bits per heavy atom. The third-order valence-corrected chi connectivity index (χ3v) is 5.44. The first-order valence-electron chi connectivity index (χ1n) is 8.19. The fourth-order valence-electron chi connectivity index (χ4n) is 2.96. The second-order valence-electron chi connectivity index (χ2n) is 6.18. The van der Waals surface area contributed by atoms with Crippen LogP contribution in [0.4, 0.5) is 4.79 Å². The lowest BCUT2D eigenvalue weighted by atomic mass is 9.84. The minimum atomic E-state index is -0.203. The molecule has 0 aliphatic heterocycles. The van der Waals surface area contributed by atoms with Crippen LogP contribution in [0.25, 0.3) is 0 Å². The summed E-state index contributed by atoms with van der Waals surface area (Å²) in [5.41, 5.74) is 0. The molecule has 1 heterocycles. The van der Waals surface area contributed by atoms with Crippen LogP contribution >= 0.6 is 11.3 Å². The summed E-state index contributed by atoms with van der Waals surface area (Å²) in [5, 5.41) is 9.59. The van der Waals surface area contributed by atoms with E-state index in [1.165, 1.54) is 4.88 Å². The highest BCUT2D eigenvalue weighted by molar-refractivity contribution is 7.11. The van der Waals surface area contributed by atoms with Crippen LogP contribution in [-0.2, 0) is 4.79 Å². The van der Waals surface area contributed by atoms with Gasteiger partial charge >= 0.3 is 6.03 Å². The lowest BCUT2D eigenvalue weighted by Crippen LogP contribution is -2.51. The second-order valence-corrected chi connectivity index (χ2v) is 7.44. The lowest BCUT2D eigenvalue weighted by molar-refractivity contribution is -0.126. The van der Waals surface area contributed by atoms with Gasteiger partial charge in [0.05, 0.1) is 10.9 Å². The number of urea groups is 1. The van der Waals surface area contributed by atoms with Gasteiger partial charge in [0.15, 0.2) is 0 Å². The molecule has 1 fully saturated rings. The zero-order valence-electron chi connectivity index (χ0n) is 14.0. The van der Waals surface area contributed by atoms with Gasteiger partial charge < -0.3 is 16.0 Å². The van der Waals surface area contributed by atoms with Gasteiger partial charge in [-0.25, -0.2) is 9.78 Å². The quantitative estimate of drug-likeness (QED) is 0.769. The summed E-state index contributed by atoms with van der Waals surface area (Å²) in [7, 11) is 1.64. The minimum Gasteiger partial charge on any atom is -0.359 e. The van der Waals surface area contributed by atoms with Gasteiger partial charge in [-0.15, -0.1) is 11.3 Å². The second kappa shape index (κ2) is 8.29. The number of amides is 3. The van der Waals surface area contributed by atoms with Crippen molar-refractivity contribution in [3.8, 4) is 0 Å². The van der Waals surface area contributed by atoms with Gasteiger partial charge in [-0.05, 0) is 19.8 Å². The van der Waals surface area contributed by atoms with Crippen LogP contribution in [-0.4, -0.2) is 36.6 Å². The fraction of sp³-hybridized carbons (Fsp3) is 0.688. The van der Waals surface area contributed by atoms with Crippen LogP contribution in [0.1, 0.15) is 48.4 Å². The van der Waals surface area contributed by atoms with E-state index in [0.29, 0.717) is 6.54 Å². The number of hydrogen-bond donors (Lipinski definition) is 3. The molecule has 3 amide bonds. The Balaban J connectivity index is 1.82. The number of nitrogens with zero attached hydrogens (tertiary/aromatic N) is 1. The topological polar surface area (TPSA) is 83.1 Å². The van der Waals surface area contributed by atoms with E-state index in [0.717, 1.165) is 30.7 Å². The van der Waals surface area contributed by atoms with Gasteiger partial charge in [0.1, 0.15) is 0 Å². The predicted octanol–water partition coefficient (Wildman–Crippen LogP) is 2.16. The Morgan fingerprint density at radius 3 is 2.78 bits per heavy atom. The predicted molar refractivity (Wildman–Crippen MR) is 91.6 cm³/mol. The molecule has 1 aromatic heterocycles. The maximum atomic E-state index is 12.1. The highest BCUT2D eigenvalue weighted by Crippen LogP contribution is 2.24. The van der Waals surface area contributed by atoms with Crippen LogP contribution in [0.3, 0.4) is 0 Å². The zero-order chi connectivity index (χ0) is 16.8. The zero-order valence-corrected chi connectivity index (χ0v) is 14.8. The average molecular weight is 338 g/mol. The largest absolute Gasteiger partial charge is 0.359 e. The van der Waals surface area contributed by atoms with E-state index < -0.39 is 0 Å². The molecule has 7 heteroatoms. The highest BCUT2D eigenvalue weighted by Gasteiger charge is 2.31. The number of hydrogen-bond acceptors (Lipinski definition) is 4. The molecule has 0 saturated heterocycles. The van der Waals surface area contributed by atoms with Crippen molar-refractivity contribution in [2.75, 3.05) is 13.6 Å². The summed E-state index contributed by atoms with van der Waals surface area (Å²) in [6.07, 6.45) is 5.63. The van der Waals surface area contributed by atoms with E-state index in [1.54, 1.807) is 18.4 Å². The molecule has 6 nitrogen and oxygen atoms in total. The molecular formula is C16H26N4O2S. The molecule has 128 valence electrons. The standard InChI is InChI=1S/C16H26N4O2S/c1-10(15-18-9-11(2)23-15)8-19-16(22)20-13-7-5-4-6-12(13)14(21)17-3/h9-10,12-13H,4-8H2,1-3H3,(H,17,21)(H2,19,20,22)/t10-,12+,13-/m0/s1. The summed E-state index contributed by atoms with van der Waals surface area (Å²) in [6.45, 7) is 4.61. The molecule has 0 spiro atoms. The molecule has 1 aliphatic rings. The first-order valence-corrected chi connectivity index (χ1v) is 9.01. The van der Waals surface area contributed by atoms with Crippen molar-refractivity contribution in [1.82, 2.24) is 20.9 Å². The van der Waals surface area contributed by atoms with Crippen molar-refractivity contribution in [2.24, 2.45) is 5.92 Å². The first-order chi connectivity index (χ1) is 11.0. The Morgan fingerprint density at radius 1 is 1.39 bits per heavy atom. The molecule has 3 atom stereocenters. The van der Waals surface area contributed by atoms with E-state index in [-0.39, 0.29) is 29.8 Å². The van der Waals surface area contributed by atoms with Crippen molar-refractivity contribution in [3.05, 3.63) is 16.1 Å². The molecular weight excluding hydrogens is 312 g/mol. The Hall–Kier alpha value is -1.63. The van der Waals surface area contributed by atoms with Gasteiger partial charge in [-0.1, -0.05) is 19.8 Å². The Bertz CT molecular complexity index is 546. The molecule has 3 N–H and O–H groups in total. The van der Waals surface area contributed by atoms with Crippen LogP contribution in [0.2, 0.25) is 0 Å². The average Bonchev–Trinajstić information content (AvgIpc) is 2.99. The third-order valence-electron chi connectivity index (χ3n) is 4.30. The number of carbonyl (C=O) groups excluding carboxylic acids is 2. The summed E-state index contributed by atoms with van der Waals surface area (Å²) < 4.78 is 0. The summed E-state index contributed by atoms with van der Waals surface area (Å²) >= 11 is 1.65. The van der Waals surface area contributed by atoms with Gasteiger partial charge in [-0.2, -0.15) is 0 Å². The van der Waals surface area contributed by atoms with E-state index in [2.05, 4.69) is 20.9 Å². The summed E-state index contributed by atoms with van der Waals surface area (Å²) in [4.78, 5) is 29.6. The van der Waals surface area contributed by atoms with E-state index in [1.807, 2.05) is 20.0 Å². The summed E-state index contributed by atoms with van der Waals surface area (Å²) in [6, 6.07) is -0.285. The van der Waals surface area contributed by atoms with Crippen LogP contribution in [0, 0.1) is 12.8 Å². The fourth-order valence-corrected chi connectivity index (χ4v) is 3.78. The lowest BCUT2D eigenvalue weighted by Gasteiger charge is -2.31. The number of carbonyl (C=O) groups is 2. The van der Waals surface area contributed by atoms with E-state index >= 15 is 0 Å². The number of aryl methyl sites for hydroxylation is 1. The Kier molecular flexibility index (Phi) is 6.38. The summed E-state index contributed by atoms with van der Waals surface area (Å²) in [5.74, 6) is 0.0701. The van der Waals surface area contributed by atoms with Crippen molar-refractivity contribution >= 4 is 23.3 Å². The van der Waals surface area contributed by atoms with Crippen LogP contribution in [0.15, 0.2) is 6.20 Å². The molecule has 0 bridgehead atoms. The smallest absolute Gasteiger partial charge is 0.315 e. The van der Waals surface area contributed by atoms with Gasteiger partial charge in [0.2, 0.25) is 5.91 Å². The highest BCUT2D eigenvalue weighted by atomic mass is 32.1. The van der Waals surface area contributed by atoms with Crippen molar-refractivity contribution in [2.45, 2.75) is 51.5 Å². The van der Waals surface area contributed by atoms with E-state index in [4.69, 9.17) is 0 Å². The Labute approximate surface area is 141 Å². The maximum absolute atomic E-state index is 12.1. The SMILES string of the molecule is CNC(=O)[C@@H]1CCCC[C@@H]1NC(=O)NC[C@H](C)c1ncc(C)s1. The first kappa shape index (κ1) is 17.7. The van der Waals surface area contributed by atoms with E-state index in [9.17, 15) is 9.59 Å². The molecule has 1 saturated carbocycles. The maximum Gasteiger partial charge on any atom is 0.315 e. The molecule has 0 radical (unpaired) electrons.